The fraction of sp³-hybridized carbons (Fsp3) is 0.294. The van der Waals surface area contributed by atoms with Gasteiger partial charge in [0.05, 0.1) is 6.61 Å². The minimum Gasteiger partial charge on any atom is -0.392 e. The average Bonchev–Trinajstić information content (AvgIpc) is 2.44. The minimum absolute atomic E-state index is 0.0939. The van der Waals surface area contributed by atoms with Gasteiger partial charge in [-0.15, -0.1) is 0 Å². The smallest absolute Gasteiger partial charge is 0.0681 e. The number of benzene rings is 2. The second kappa shape index (κ2) is 5.48. The Balaban J connectivity index is 2.67. The van der Waals surface area contributed by atoms with Crippen LogP contribution in [0.4, 0.5) is 0 Å². The first-order valence-electron chi connectivity index (χ1n) is 6.43. The zero-order chi connectivity index (χ0) is 14.2. The molecule has 0 unspecified atom stereocenters. The van der Waals surface area contributed by atoms with Crippen LogP contribution in [0.2, 0.25) is 0 Å². The Kier molecular flexibility index (Phi) is 4.12. The quantitative estimate of drug-likeness (QED) is 0.839. The molecule has 2 aromatic carbocycles. The molecule has 0 fully saturated rings. The Labute approximate surface area is 123 Å². The van der Waals surface area contributed by atoms with Gasteiger partial charge in [-0.05, 0) is 66.6 Å². The van der Waals surface area contributed by atoms with Crippen molar-refractivity contribution in [1.82, 2.24) is 0 Å². The highest BCUT2D eigenvalue weighted by atomic mass is 79.9. The average molecular weight is 319 g/mol. The van der Waals surface area contributed by atoms with Gasteiger partial charge in [-0.3, -0.25) is 0 Å². The summed E-state index contributed by atoms with van der Waals surface area (Å²) >= 11 is 3.68. The molecule has 1 nitrogen and oxygen atoms in total. The van der Waals surface area contributed by atoms with Gasteiger partial charge < -0.3 is 5.11 Å². The van der Waals surface area contributed by atoms with Crippen molar-refractivity contribution in [2.24, 2.45) is 0 Å². The van der Waals surface area contributed by atoms with Crippen molar-refractivity contribution in [3.8, 4) is 11.1 Å². The first kappa shape index (κ1) is 14.3. The third-order valence-electron chi connectivity index (χ3n) is 3.96. The number of rotatable bonds is 2. The first-order valence-corrected chi connectivity index (χ1v) is 7.22. The third kappa shape index (κ3) is 2.47. The van der Waals surface area contributed by atoms with E-state index in [-0.39, 0.29) is 6.61 Å². The highest BCUT2D eigenvalue weighted by Crippen LogP contribution is 2.36. The maximum atomic E-state index is 9.13. The largest absolute Gasteiger partial charge is 0.392 e. The molecule has 2 aromatic rings. The lowest BCUT2D eigenvalue weighted by molar-refractivity contribution is 0.282. The van der Waals surface area contributed by atoms with E-state index in [1.54, 1.807) is 0 Å². The van der Waals surface area contributed by atoms with Gasteiger partial charge in [0.15, 0.2) is 0 Å². The summed E-state index contributed by atoms with van der Waals surface area (Å²) in [6.07, 6.45) is 0. The van der Waals surface area contributed by atoms with Gasteiger partial charge in [-0.1, -0.05) is 40.2 Å². The Hall–Kier alpha value is -1.12. The van der Waals surface area contributed by atoms with E-state index in [1.165, 1.54) is 37.9 Å². The lowest BCUT2D eigenvalue weighted by Gasteiger charge is -2.18. The van der Waals surface area contributed by atoms with Crippen LogP contribution >= 0.6 is 15.9 Å². The topological polar surface area (TPSA) is 20.2 Å². The fourth-order valence-corrected chi connectivity index (χ4v) is 3.07. The molecule has 100 valence electrons. The van der Waals surface area contributed by atoms with Crippen LogP contribution in [-0.4, -0.2) is 5.11 Å². The standard InChI is InChI=1S/C17H19BrO/c1-10-12(3)17(18)13(4)11(2)16(10)15-7-5-14(9-19)6-8-15/h5-8,19H,9H2,1-4H3. The molecular formula is C17H19BrO. The molecule has 2 heteroatoms. The molecule has 1 N–H and O–H groups in total. The minimum atomic E-state index is 0.0939. The van der Waals surface area contributed by atoms with Crippen LogP contribution in [0.1, 0.15) is 27.8 Å². The van der Waals surface area contributed by atoms with Crippen molar-refractivity contribution in [3.05, 3.63) is 56.6 Å². The molecule has 0 spiro atoms. The molecule has 0 heterocycles. The van der Waals surface area contributed by atoms with Gasteiger partial charge >= 0.3 is 0 Å². The summed E-state index contributed by atoms with van der Waals surface area (Å²) in [6.45, 7) is 8.73. The molecule has 2 rings (SSSR count). The van der Waals surface area contributed by atoms with Crippen molar-refractivity contribution >= 4 is 15.9 Å². The van der Waals surface area contributed by atoms with E-state index in [9.17, 15) is 0 Å². The summed E-state index contributed by atoms with van der Waals surface area (Å²) in [6, 6.07) is 8.16. The molecule has 19 heavy (non-hydrogen) atoms. The summed E-state index contributed by atoms with van der Waals surface area (Å²) in [5.74, 6) is 0. The van der Waals surface area contributed by atoms with Gasteiger partial charge in [0.25, 0.3) is 0 Å². The zero-order valence-electron chi connectivity index (χ0n) is 11.8. The first-order chi connectivity index (χ1) is 8.97. The number of hydrogen-bond donors (Lipinski definition) is 1. The van der Waals surface area contributed by atoms with Gasteiger partial charge in [0.1, 0.15) is 0 Å². The van der Waals surface area contributed by atoms with Crippen molar-refractivity contribution in [2.45, 2.75) is 34.3 Å². The molecule has 0 atom stereocenters. The van der Waals surface area contributed by atoms with Crippen molar-refractivity contribution < 1.29 is 5.11 Å². The van der Waals surface area contributed by atoms with E-state index < -0.39 is 0 Å². The van der Waals surface area contributed by atoms with E-state index in [1.807, 2.05) is 12.1 Å². The lowest BCUT2D eigenvalue weighted by Crippen LogP contribution is -1.97. The monoisotopic (exact) mass is 318 g/mol. The molecular weight excluding hydrogens is 300 g/mol. The van der Waals surface area contributed by atoms with Crippen LogP contribution in [0.25, 0.3) is 11.1 Å². The Morgan fingerprint density at radius 3 is 1.74 bits per heavy atom. The molecule has 0 aliphatic heterocycles. The lowest BCUT2D eigenvalue weighted by atomic mass is 9.89. The summed E-state index contributed by atoms with van der Waals surface area (Å²) in [7, 11) is 0. The van der Waals surface area contributed by atoms with E-state index >= 15 is 0 Å². The highest BCUT2D eigenvalue weighted by molar-refractivity contribution is 9.10. The fourth-order valence-electron chi connectivity index (χ4n) is 2.48. The highest BCUT2D eigenvalue weighted by Gasteiger charge is 2.14. The van der Waals surface area contributed by atoms with Crippen LogP contribution in [0.3, 0.4) is 0 Å². The number of aliphatic hydroxyl groups excluding tert-OH is 1. The van der Waals surface area contributed by atoms with E-state index in [0.717, 1.165) is 5.56 Å². The summed E-state index contributed by atoms with van der Waals surface area (Å²) in [5.41, 5.74) is 8.69. The second-order valence-electron chi connectivity index (χ2n) is 5.04. The molecule has 0 aliphatic rings. The van der Waals surface area contributed by atoms with E-state index in [0.29, 0.717) is 0 Å². The predicted octanol–water partition coefficient (Wildman–Crippen LogP) is 4.84. The van der Waals surface area contributed by atoms with E-state index in [4.69, 9.17) is 5.11 Å². The second-order valence-corrected chi connectivity index (χ2v) is 5.84. The number of hydrogen-bond acceptors (Lipinski definition) is 1. The predicted molar refractivity (Wildman–Crippen MR) is 84.4 cm³/mol. The van der Waals surface area contributed by atoms with Crippen molar-refractivity contribution in [1.29, 1.82) is 0 Å². The van der Waals surface area contributed by atoms with Gasteiger partial charge in [0.2, 0.25) is 0 Å². The Morgan fingerprint density at radius 2 is 1.32 bits per heavy atom. The molecule has 0 aliphatic carbocycles. The zero-order valence-corrected chi connectivity index (χ0v) is 13.4. The maximum Gasteiger partial charge on any atom is 0.0681 e. The molecule has 0 saturated carbocycles. The van der Waals surface area contributed by atoms with Crippen molar-refractivity contribution in [3.63, 3.8) is 0 Å². The molecule has 0 saturated heterocycles. The van der Waals surface area contributed by atoms with Crippen molar-refractivity contribution in [2.75, 3.05) is 0 Å². The molecule has 0 bridgehead atoms. The molecule has 0 radical (unpaired) electrons. The Bertz CT molecular complexity index is 583. The van der Waals surface area contributed by atoms with Crippen LogP contribution in [0.5, 0.6) is 0 Å². The van der Waals surface area contributed by atoms with Crippen LogP contribution < -0.4 is 0 Å². The maximum absolute atomic E-state index is 9.13. The van der Waals surface area contributed by atoms with Crippen LogP contribution in [0, 0.1) is 27.7 Å². The SMILES string of the molecule is Cc1c(C)c(-c2ccc(CO)cc2)c(C)c(C)c1Br. The summed E-state index contributed by atoms with van der Waals surface area (Å²) in [5, 5.41) is 9.13. The van der Waals surface area contributed by atoms with Gasteiger partial charge in [-0.25, -0.2) is 0 Å². The Morgan fingerprint density at radius 1 is 0.842 bits per heavy atom. The normalized spacial score (nSPS) is 10.8. The third-order valence-corrected chi connectivity index (χ3v) is 5.15. The van der Waals surface area contributed by atoms with Gasteiger partial charge in [-0.2, -0.15) is 0 Å². The van der Waals surface area contributed by atoms with E-state index in [2.05, 4.69) is 55.8 Å². The summed E-state index contributed by atoms with van der Waals surface area (Å²) < 4.78 is 1.21. The number of aliphatic hydroxyl groups is 1. The van der Waals surface area contributed by atoms with Crippen LogP contribution in [-0.2, 0) is 6.61 Å². The van der Waals surface area contributed by atoms with Crippen LogP contribution in [0.15, 0.2) is 28.7 Å². The molecule has 0 amide bonds. The van der Waals surface area contributed by atoms with Gasteiger partial charge in [0, 0.05) is 4.47 Å². The number of halogens is 1. The molecule has 0 aromatic heterocycles. The summed E-state index contributed by atoms with van der Waals surface area (Å²) in [4.78, 5) is 0.